The standard InChI is InChI=1S/C19H18N2O2S/c22-19(23)9-4-12-20-15-6-3-5-14(13-15)10-11-18-21-16-7-1-2-8-17(16)24-18/h1-3,5-8,10-11,13,20H,4,9,12H2,(H,22,23). The van der Waals surface area contributed by atoms with Gasteiger partial charge in [0.25, 0.3) is 0 Å². The molecule has 0 spiro atoms. The third kappa shape index (κ3) is 4.43. The minimum Gasteiger partial charge on any atom is -0.481 e. The molecule has 3 rings (SSSR count). The zero-order valence-electron chi connectivity index (χ0n) is 13.1. The van der Waals surface area contributed by atoms with Gasteiger partial charge < -0.3 is 10.4 Å². The Morgan fingerprint density at radius 3 is 2.88 bits per heavy atom. The maximum absolute atomic E-state index is 10.5. The molecule has 1 aromatic heterocycles. The van der Waals surface area contributed by atoms with Crippen LogP contribution in [0.3, 0.4) is 0 Å². The zero-order chi connectivity index (χ0) is 16.8. The van der Waals surface area contributed by atoms with E-state index in [2.05, 4.69) is 16.4 Å². The van der Waals surface area contributed by atoms with E-state index >= 15 is 0 Å². The Bertz CT molecular complexity index is 837. The lowest BCUT2D eigenvalue weighted by Crippen LogP contribution is -2.04. The number of rotatable bonds is 7. The SMILES string of the molecule is O=C(O)CCCNc1cccc(C=Cc2nc3ccccc3s2)c1. The van der Waals surface area contributed by atoms with Crippen LogP contribution in [-0.2, 0) is 4.79 Å². The Balaban J connectivity index is 1.64. The van der Waals surface area contributed by atoms with Crippen molar-refractivity contribution in [1.82, 2.24) is 4.98 Å². The van der Waals surface area contributed by atoms with E-state index in [0.29, 0.717) is 13.0 Å². The number of aliphatic carboxylic acids is 1. The maximum atomic E-state index is 10.5. The molecule has 2 N–H and O–H groups in total. The lowest BCUT2D eigenvalue weighted by Gasteiger charge is -2.06. The lowest BCUT2D eigenvalue weighted by molar-refractivity contribution is -0.137. The van der Waals surface area contributed by atoms with Crippen molar-refractivity contribution in [3.63, 3.8) is 0 Å². The number of nitrogens with one attached hydrogen (secondary N) is 1. The molecule has 5 heteroatoms. The largest absolute Gasteiger partial charge is 0.481 e. The molecule has 2 aromatic carbocycles. The molecule has 4 nitrogen and oxygen atoms in total. The molecule has 0 saturated heterocycles. The number of hydrogen-bond donors (Lipinski definition) is 2. The van der Waals surface area contributed by atoms with E-state index in [1.807, 2.05) is 54.6 Å². The molecule has 0 saturated carbocycles. The first-order valence-corrected chi connectivity index (χ1v) is 8.62. The van der Waals surface area contributed by atoms with Crippen LogP contribution in [0, 0.1) is 0 Å². The van der Waals surface area contributed by atoms with Crippen molar-refractivity contribution in [2.24, 2.45) is 0 Å². The van der Waals surface area contributed by atoms with E-state index in [0.717, 1.165) is 21.8 Å². The highest BCUT2D eigenvalue weighted by Gasteiger charge is 2.00. The van der Waals surface area contributed by atoms with Crippen molar-refractivity contribution in [1.29, 1.82) is 0 Å². The molecule has 3 aromatic rings. The highest BCUT2D eigenvalue weighted by atomic mass is 32.1. The number of fused-ring (bicyclic) bond motifs is 1. The van der Waals surface area contributed by atoms with Gasteiger partial charge in [-0.15, -0.1) is 11.3 Å². The van der Waals surface area contributed by atoms with Crippen LogP contribution in [0.5, 0.6) is 0 Å². The number of nitrogens with zero attached hydrogens (tertiary/aromatic N) is 1. The molecule has 122 valence electrons. The summed E-state index contributed by atoms with van der Waals surface area (Å²) >= 11 is 1.67. The molecule has 0 aliphatic carbocycles. The molecule has 24 heavy (non-hydrogen) atoms. The number of carboxylic acid groups (broad SMARTS) is 1. The third-order valence-electron chi connectivity index (χ3n) is 3.51. The summed E-state index contributed by atoms with van der Waals surface area (Å²) in [5.41, 5.74) is 3.10. The van der Waals surface area contributed by atoms with Gasteiger partial charge in [-0.2, -0.15) is 0 Å². The molecular formula is C19H18N2O2S. The Morgan fingerprint density at radius 2 is 2.04 bits per heavy atom. The second-order valence-electron chi connectivity index (χ2n) is 5.40. The average molecular weight is 338 g/mol. The normalized spacial score (nSPS) is 11.2. The molecule has 0 amide bonds. The van der Waals surface area contributed by atoms with Crippen LogP contribution in [0.4, 0.5) is 5.69 Å². The quantitative estimate of drug-likeness (QED) is 0.611. The molecule has 0 unspecified atom stereocenters. The van der Waals surface area contributed by atoms with Crippen LogP contribution in [0.1, 0.15) is 23.4 Å². The van der Waals surface area contributed by atoms with Crippen LogP contribution in [0.25, 0.3) is 22.4 Å². The highest BCUT2D eigenvalue weighted by molar-refractivity contribution is 7.19. The lowest BCUT2D eigenvalue weighted by atomic mass is 10.2. The fourth-order valence-corrected chi connectivity index (χ4v) is 3.22. The Morgan fingerprint density at radius 1 is 1.17 bits per heavy atom. The monoisotopic (exact) mass is 338 g/mol. The summed E-state index contributed by atoms with van der Waals surface area (Å²) in [6.45, 7) is 0.650. The molecule has 0 aliphatic rings. The second kappa shape index (κ2) is 7.75. The molecule has 0 radical (unpaired) electrons. The molecule has 0 atom stereocenters. The molecule has 0 aliphatic heterocycles. The second-order valence-corrected chi connectivity index (χ2v) is 6.46. The summed E-state index contributed by atoms with van der Waals surface area (Å²) in [6.07, 6.45) is 4.86. The van der Waals surface area contributed by atoms with Crippen LogP contribution in [0.15, 0.2) is 48.5 Å². The van der Waals surface area contributed by atoms with Gasteiger partial charge in [0, 0.05) is 18.7 Å². The first-order valence-electron chi connectivity index (χ1n) is 7.80. The van der Waals surface area contributed by atoms with Crippen molar-refractivity contribution in [2.45, 2.75) is 12.8 Å². The molecule has 0 bridgehead atoms. The van der Waals surface area contributed by atoms with Crippen molar-refractivity contribution in [3.05, 3.63) is 59.1 Å². The first kappa shape index (κ1) is 16.2. The van der Waals surface area contributed by atoms with Crippen LogP contribution >= 0.6 is 11.3 Å². The van der Waals surface area contributed by atoms with E-state index < -0.39 is 5.97 Å². The van der Waals surface area contributed by atoms with Gasteiger partial charge in [0.15, 0.2) is 0 Å². The first-order chi connectivity index (χ1) is 11.7. The maximum Gasteiger partial charge on any atom is 0.303 e. The minimum absolute atomic E-state index is 0.185. The summed E-state index contributed by atoms with van der Waals surface area (Å²) in [7, 11) is 0. The van der Waals surface area contributed by atoms with Gasteiger partial charge in [0.1, 0.15) is 5.01 Å². The Hall–Kier alpha value is -2.66. The summed E-state index contributed by atoms with van der Waals surface area (Å²) < 4.78 is 1.19. The van der Waals surface area contributed by atoms with Gasteiger partial charge in [-0.1, -0.05) is 30.3 Å². The van der Waals surface area contributed by atoms with Crippen LogP contribution in [-0.4, -0.2) is 22.6 Å². The van der Waals surface area contributed by atoms with Gasteiger partial charge in [-0.25, -0.2) is 4.98 Å². The van der Waals surface area contributed by atoms with Crippen LogP contribution in [0.2, 0.25) is 0 Å². The number of thiazole rings is 1. The molecule has 0 fully saturated rings. The molecule has 1 heterocycles. The third-order valence-corrected chi connectivity index (χ3v) is 4.51. The van der Waals surface area contributed by atoms with E-state index in [4.69, 9.17) is 5.11 Å². The van der Waals surface area contributed by atoms with Crippen molar-refractivity contribution >= 4 is 45.4 Å². The van der Waals surface area contributed by atoms with Crippen LogP contribution < -0.4 is 5.32 Å². The Kier molecular flexibility index (Phi) is 5.23. The number of hydrogen-bond acceptors (Lipinski definition) is 4. The van der Waals surface area contributed by atoms with Gasteiger partial charge in [0.05, 0.1) is 10.2 Å². The predicted molar refractivity (Wildman–Crippen MR) is 100 cm³/mol. The fourth-order valence-electron chi connectivity index (χ4n) is 2.35. The van der Waals surface area contributed by atoms with Gasteiger partial charge in [0.2, 0.25) is 0 Å². The van der Waals surface area contributed by atoms with E-state index in [1.165, 1.54) is 4.70 Å². The summed E-state index contributed by atoms with van der Waals surface area (Å²) in [5.74, 6) is -0.760. The van der Waals surface area contributed by atoms with E-state index in [-0.39, 0.29) is 6.42 Å². The summed E-state index contributed by atoms with van der Waals surface area (Å²) in [5, 5.41) is 12.9. The smallest absolute Gasteiger partial charge is 0.303 e. The van der Waals surface area contributed by atoms with E-state index in [9.17, 15) is 4.79 Å². The zero-order valence-corrected chi connectivity index (χ0v) is 13.9. The highest BCUT2D eigenvalue weighted by Crippen LogP contribution is 2.23. The number of benzene rings is 2. The number of carboxylic acids is 1. The summed E-state index contributed by atoms with van der Waals surface area (Å²) in [4.78, 5) is 15.1. The predicted octanol–water partition coefficient (Wildman–Crippen LogP) is 4.74. The van der Waals surface area contributed by atoms with E-state index in [1.54, 1.807) is 11.3 Å². The number of carbonyl (C=O) groups is 1. The Labute approximate surface area is 144 Å². The van der Waals surface area contributed by atoms with Gasteiger partial charge >= 0.3 is 5.97 Å². The molecular weight excluding hydrogens is 320 g/mol. The van der Waals surface area contributed by atoms with Crippen molar-refractivity contribution in [3.8, 4) is 0 Å². The van der Waals surface area contributed by atoms with Crippen molar-refractivity contribution < 1.29 is 9.90 Å². The fraction of sp³-hybridized carbons (Fsp3) is 0.158. The number of aromatic nitrogens is 1. The number of para-hydroxylation sites is 1. The average Bonchev–Trinajstić information content (AvgIpc) is 3.00. The minimum atomic E-state index is -0.760. The van der Waals surface area contributed by atoms with Gasteiger partial charge in [-0.05, 0) is 42.3 Å². The summed E-state index contributed by atoms with van der Waals surface area (Å²) in [6, 6.07) is 16.2. The number of anilines is 1. The topological polar surface area (TPSA) is 62.2 Å². The van der Waals surface area contributed by atoms with Crippen molar-refractivity contribution in [2.75, 3.05) is 11.9 Å². The van der Waals surface area contributed by atoms with Gasteiger partial charge in [-0.3, -0.25) is 4.79 Å².